The molecule has 0 heterocycles. The Morgan fingerprint density at radius 2 is 1.26 bits per heavy atom. The minimum atomic E-state index is -0.827. The van der Waals surface area contributed by atoms with Crippen molar-refractivity contribution in [2.75, 3.05) is 0 Å². The van der Waals surface area contributed by atoms with Crippen molar-refractivity contribution in [2.24, 2.45) is 0 Å². The Kier molecular flexibility index (Phi) is 12.4. The van der Waals surface area contributed by atoms with Gasteiger partial charge < -0.3 is 9.84 Å². The summed E-state index contributed by atoms with van der Waals surface area (Å²) >= 11 is 0. The van der Waals surface area contributed by atoms with Crippen molar-refractivity contribution in [1.82, 2.24) is 0 Å². The Morgan fingerprint density at radius 1 is 0.783 bits per heavy atom. The Labute approximate surface area is 144 Å². The van der Waals surface area contributed by atoms with Gasteiger partial charge in [-0.3, -0.25) is 0 Å². The molecule has 0 amide bonds. The first-order chi connectivity index (χ1) is 11.3. The van der Waals surface area contributed by atoms with Crippen LogP contribution in [0.15, 0.2) is 12.3 Å². The minimum absolute atomic E-state index is 0.788. The van der Waals surface area contributed by atoms with E-state index >= 15 is 0 Å². The first-order valence-electron chi connectivity index (χ1n) is 10.3. The number of ether oxygens (including phenoxy) is 1. The van der Waals surface area contributed by atoms with Crippen LogP contribution in [0, 0.1) is 0 Å². The fourth-order valence-corrected chi connectivity index (χ4v) is 3.12. The Morgan fingerprint density at radius 3 is 1.70 bits per heavy atom. The molecule has 0 atom stereocenters. The topological polar surface area (TPSA) is 29.5 Å². The van der Waals surface area contributed by atoms with Crippen molar-refractivity contribution in [2.45, 2.75) is 122 Å². The van der Waals surface area contributed by atoms with E-state index in [9.17, 15) is 5.11 Å². The van der Waals surface area contributed by atoms with Crippen molar-refractivity contribution >= 4 is 0 Å². The molecule has 1 fully saturated rings. The summed E-state index contributed by atoms with van der Waals surface area (Å²) in [5.74, 6) is -0.827. The number of hydrogen-bond acceptors (Lipinski definition) is 2. The van der Waals surface area contributed by atoms with Gasteiger partial charge >= 0.3 is 0 Å². The van der Waals surface area contributed by atoms with Crippen LogP contribution >= 0.6 is 0 Å². The van der Waals surface area contributed by atoms with Crippen LogP contribution in [-0.4, -0.2) is 10.9 Å². The lowest BCUT2D eigenvalue weighted by molar-refractivity contribution is -0.215. The van der Waals surface area contributed by atoms with Crippen molar-refractivity contribution in [3.05, 3.63) is 12.3 Å². The van der Waals surface area contributed by atoms with Crippen LogP contribution in [-0.2, 0) is 4.74 Å². The quantitative estimate of drug-likeness (QED) is 0.191. The van der Waals surface area contributed by atoms with Gasteiger partial charge in [-0.1, -0.05) is 84.0 Å². The molecule has 0 aliphatic heterocycles. The second-order valence-corrected chi connectivity index (χ2v) is 7.32. The van der Waals surface area contributed by atoms with E-state index in [2.05, 4.69) is 13.0 Å². The molecule has 0 unspecified atom stereocenters. The Hall–Kier alpha value is -0.500. The summed E-state index contributed by atoms with van der Waals surface area (Å²) in [6.45, 7) is 2.28. The molecule has 1 aliphatic carbocycles. The molecule has 2 nitrogen and oxygen atoms in total. The van der Waals surface area contributed by atoms with E-state index in [0.717, 1.165) is 25.7 Å². The third-order valence-electron chi connectivity index (χ3n) is 4.99. The van der Waals surface area contributed by atoms with Gasteiger partial charge in [0.25, 0.3) is 0 Å². The largest absolute Gasteiger partial charge is 0.471 e. The van der Waals surface area contributed by atoms with Crippen LogP contribution in [0.3, 0.4) is 0 Å². The van der Waals surface area contributed by atoms with Crippen LogP contribution in [0.4, 0.5) is 0 Å². The molecule has 0 aromatic heterocycles. The number of rotatable bonds is 16. The summed E-state index contributed by atoms with van der Waals surface area (Å²) < 4.78 is 5.35. The van der Waals surface area contributed by atoms with E-state index in [4.69, 9.17) is 4.74 Å². The van der Waals surface area contributed by atoms with Gasteiger partial charge in [0.2, 0.25) is 5.79 Å². The van der Waals surface area contributed by atoms with Crippen molar-refractivity contribution in [1.29, 1.82) is 0 Å². The van der Waals surface area contributed by atoms with E-state index in [-0.39, 0.29) is 0 Å². The van der Waals surface area contributed by atoms with Crippen LogP contribution in [0.2, 0.25) is 0 Å². The first kappa shape index (κ1) is 20.5. The fourth-order valence-electron chi connectivity index (χ4n) is 3.12. The average Bonchev–Trinajstić information content (AvgIpc) is 2.53. The number of hydrogen-bond donors (Lipinski definition) is 1. The van der Waals surface area contributed by atoms with Gasteiger partial charge in [0.15, 0.2) is 0 Å². The smallest absolute Gasteiger partial charge is 0.207 e. The molecule has 1 rings (SSSR count). The Bertz CT molecular complexity index is 282. The van der Waals surface area contributed by atoms with E-state index in [1.807, 2.05) is 0 Å². The lowest BCUT2D eigenvalue weighted by Crippen LogP contribution is -2.38. The van der Waals surface area contributed by atoms with Crippen molar-refractivity contribution < 1.29 is 9.84 Å². The lowest BCUT2D eigenvalue weighted by Gasteiger charge is -2.34. The maximum atomic E-state index is 9.75. The van der Waals surface area contributed by atoms with E-state index in [1.54, 1.807) is 6.26 Å². The molecule has 0 radical (unpaired) electrons. The summed E-state index contributed by atoms with van der Waals surface area (Å²) in [6, 6.07) is 0. The van der Waals surface area contributed by atoms with Gasteiger partial charge in [0.05, 0.1) is 6.26 Å². The normalized spacial score (nSPS) is 16.6. The number of aliphatic hydroxyl groups is 1. The van der Waals surface area contributed by atoms with Gasteiger partial charge in [-0.15, -0.1) is 0 Å². The lowest BCUT2D eigenvalue weighted by atomic mass is 9.92. The molecule has 136 valence electrons. The zero-order chi connectivity index (χ0) is 16.6. The minimum Gasteiger partial charge on any atom is -0.471 e. The highest BCUT2D eigenvalue weighted by atomic mass is 16.6. The van der Waals surface area contributed by atoms with E-state index in [0.29, 0.717) is 0 Å². The highest BCUT2D eigenvalue weighted by Gasteiger charge is 2.35. The standard InChI is InChI=1S/C21H40O2/c1-2-3-4-5-6-7-8-9-10-11-12-13-14-15-16-20-23-21(22)18-17-19-21/h16,20,22H,2-15,17-19H2,1H3. The molecular weight excluding hydrogens is 284 g/mol. The molecule has 0 spiro atoms. The van der Waals surface area contributed by atoms with Gasteiger partial charge in [-0.05, 0) is 25.3 Å². The third kappa shape index (κ3) is 11.6. The summed E-state index contributed by atoms with van der Waals surface area (Å²) in [5, 5.41) is 9.75. The van der Waals surface area contributed by atoms with Gasteiger partial charge in [0, 0.05) is 12.8 Å². The maximum absolute atomic E-state index is 9.75. The summed E-state index contributed by atoms with van der Waals surface area (Å²) in [7, 11) is 0. The predicted molar refractivity (Wildman–Crippen MR) is 99.3 cm³/mol. The van der Waals surface area contributed by atoms with Crippen LogP contribution in [0.1, 0.15) is 116 Å². The fraction of sp³-hybridized carbons (Fsp3) is 0.905. The van der Waals surface area contributed by atoms with Gasteiger partial charge in [0.1, 0.15) is 0 Å². The highest BCUT2D eigenvalue weighted by Crippen LogP contribution is 2.32. The Balaban J connectivity index is 1.70. The molecule has 1 aliphatic rings. The third-order valence-corrected chi connectivity index (χ3v) is 4.99. The molecule has 1 saturated carbocycles. The van der Waals surface area contributed by atoms with Crippen molar-refractivity contribution in [3.8, 4) is 0 Å². The first-order valence-corrected chi connectivity index (χ1v) is 10.3. The molecule has 0 saturated heterocycles. The average molecular weight is 325 g/mol. The predicted octanol–water partition coefficient (Wildman–Crippen LogP) is 6.87. The second-order valence-electron chi connectivity index (χ2n) is 7.32. The van der Waals surface area contributed by atoms with Gasteiger partial charge in [-0.2, -0.15) is 0 Å². The van der Waals surface area contributed by atoms with Gasteiger partial charge in [-0.25, -0.2) is 0 Å². The molecular formula is C21H40O2. The molecule has 2 heteroatoms. The number of unbranched alkanes of at least 4 members (excludes halogenated alkanes) is 13. The maximum Gasteiger partial charge on any atom is 0.207 e. The highest BCUT2D eigenvalue weighted by molar-refractivity contribution is 4.83. The van der Waals surface area contributed by atoms with Crippen LogP contribution < -0.4 is 0 Å². The van der Waals surface area contributed by atoms with E-state index < -0.39 is 5.79 Å². The van der Waals surface area contributed by atoms with E-state index in [1.165, 1.54) is 83.5 Å². The van der Waals surface area contributed by atoms with Crippen molar-refractivity contribution in [3.63, 3.8) is 0 Å². The monoisotopic (exact) mass is 324 g/mol. The molecule has 0 aromatic carbocycles. The molecule has 0 aromatic rings. The van der Waals surface area contributed by atoms with Crippen LogP contribution in [0.5, 0.6) is 0 Å². The zero-order valence-electron chi connectivity index (χ0n) is 15.5. The molecule has 23 heavy (non-hydrogen) atoms. The number of allylic oxidation sites excluding steroid dienone is 1. The summed E-state index contributed by atoms with van der Waals surface area (Å²) in [6.07, 6.45) is 25.7. The molecule has 1 N–H and O–H groups in total. The zero-order valence-corrected chi connectivity index (χ0v) is 15.5. The summed E-state index contributed by atoms with van der Waals surface area (Å²) in [5.41, 5.74) is 0. The molecule has 0 bridgehead atoms. The summed E-state index contributed by atoms with van der Waals surface area (Å²) in [4.78, 5) is 0. The second kappa shape index (κ2) is 13.9. The SMILES string of the molecule is CCCCCCCCCCCCCCCC=COC1(O)CCC1. The van der Waals surface area contributed by atoms with Crippen LogP contribution in [0.25, 0.3) is 0 Å².